The maximum Gasteiger partial charge on any atom is 0.251 e. The summed E-state index contributed by atoms with van der Waals surface area (Å²) in [5, 5.41) is 2.97. The highest BCUT2D eigenvalue weighted by Gasteiger charge is 2.04. The van der Waals surface area contributed by atoms with Crippen LogP contribution in [0.4, 0.5) is 0 Å². The molecule has 0 aromatic heterocycles. The maximum atomic E-state index is 12.0. The van der Waals surface area contributed by atoms with Crippen LogP contribution in [0, 0.1) is 0 Å². The molecule has 1 N–H and O–H groups in total. The van der Waals surface area contributed by atoms with Crippen molar-refractivity contribution in [3.63, 3.8) is 0 Å². The number of carbonyl (C=O) groups is 1. The molecule has 1 aromatic carbocycles. The molecule has 0 saturated heterocycles. The number of nitrogens with zero attached hydrogens (tertiary/aromatic N) is 1. The van der Waals surface area contributed by atoms with E-state index < -0.39 is 0 Å². The molecule has 0 unspecified atom stereocenters. The molecule has 1 rings (SSSR count). The first-order chi connectivity index (χ1) is 10.6. The number of carbonyl (C=O) groups excluding carboxylic acids is 1. The Morgan fingerprint density at radius 3 is 2.32 bits per heavy atom. The number of nitrogens with one attached hydrogen (secondary N) is 1. The molecular weight excluding hydrogens is 272 g/mol. The van der Waals surface area contributed by atoms with E-state index >= 15 is 0 Å². The van der Waals surface area contributed by atoms with Gasteiger partial charge in [-0.05, 0) is 57.6 Å². The van der Waals surface area contributed by atoms with Crippen molar-refractivity contribution < 1.29 is 4.79 Å². The van der Waals surface area contributed by atoms with Crippen molar-refractivity contribution in [1.29, 1.82) is 0 Å². The minimum atomic E-state index is 0.0354. The minimum Gasteiger partial charge on any atom is -0.352 e. The summed E-state index contributed by atoms with van der Waals surface area (Å²) in [5.41, 5.74) is 2.10. The van der Waals surface area contributed by atoms with Gasteiger partial charge >= 0.3 is 0 Å². The van der Waals surface area contributed by atoms with Gasteiger partial charge in [-0.2, -0.15) is 0 Å². The maximum absolute atomic E-state index is 12.0. The molecule has 0 spiro atoms. The molecule has 0 bridgehead atoms. The molecule has 124 valence electrons. The first-order valence-electron chi connectivity index (χ1n) is 8.65. The lowest BCUT2D eigenvalue weighted by molar-refractivity contribution is 0.0952. The molecule has 0 heterocycles. The smallest absolute Gasteiger partial charge is 0.251 e. The van der Waals surface area contributed by atoms with Crippen molar-refractivity contribution in [2.45, 2.75) is 51.9 Å². The van der Waals surface area contributed by atoms with Crippen molar-refractivity contribution in [3.05, 3.63) is 35.4 Å². The van der Waals surface area contributed by atoms with E-state index in [2.05, 4.69) is 29.3 Å². The second kappa shape index (κ2) is 11.2. The van der Waals surface area contributed by atoms with Gasteiger partial charge in [0.15, 0.2) is 0 Å². The molecule has 0 aliphatic carbocycles. The van der Waals surface area contributed by atoms with Gasteiger partial charge in [0.1, 0.15) is 0 Å². The van der Waals surface area contributed by atoms with Crippen LogP contribution in [0.3, 0.4) is 0 Å². The summed E-state index contributed by atoms with van der Waals surface area (Å²) in [6.07, 6.45) is 8.62. The molecule has 0 atom stereocenters. The van der Waals surface area contributed by atoms with Gasteiger partial charge in [0.05, 0.1) is 0 Å². The highest BCUT2D eigenvalue weighted by molar-refractivity contribution is 5.94. The van der Waals surface area contributed by atoms with Gasteiger partial charge in [-0.25, -0.2) is 0 Å². The van der Waals surface area contributed by atoms with Crippen LogP contribution in [-0.2, 0) is 6.42 Å². The normalized spacial score (nSPS) is 10.9. The lowest BCUT2D eigenvalue weighted by Crippen LogP contribution is -2.27. The number of amides is 1. The molecule has 3 heteroatoms. The first-order valence-corrected chi connectivity index (χ1v) is 8.65. The SMILES string of the molecule is CCCCCCCc1ccc(C(=O)NCCCN(C)C)cc1. The first kappa shape index (κ1) is 18.7. The van der Waals surface area contributed by atoms with Crippen molar-refractivity contribution in [1.82, 2.24) is 10.2 Å². The Bertz CT molecular complexity index is 412. The average molecular weight is 304 g/mol. The van der Waals surface area contributed by atoms with Crippen molar-refractivity contribution in [3.8, 4) is 0 Å². The van der Waals surface area contributed by atoms with Crippen LogP contribution in [0.25, 0.3) is 0 Å². The molecule has 1 amide bonds. The summed E-state index contributed by atoms with van der Waals surface area (Å²) in [7, 11) is 4.09. The fraction of sp³-hybridized carbons (Fsp3) is 0.632. The van der Waals surface area contributed by atoms with E-state index in [0.717, 1.165) is 31.5 Å². The Hall–Kier alpha value is -1.35. The van der Waals surface area contributed by atoms with Gasteiger partial charge in [0, 0.05) is 12.1 Å². The molecule has 0 saturated carbocycles. The summed E-state index contributed by atoms with van der Waals surface area (Å²) in [5.74, 6) is 0.0354. The molecule has 0 aliphatic heterocycles. The monoisotopic (exact) mass is 304 g/mol. The Balaban J connectivity index is 2.26. The van der Waals surface area contributed by atoms with Gasteiger partial charge in [-0.1, -0.05) is 44.7 Å². The van der Waals surface area contributed by atoms with Gasteiger partial charge in [0.25, 0.3) is 5.91 Å². The average Bonchev–Trinajstić information content (AvgIpc) is 2.51. The molecule has 3 nitrogen and oxygen atoms in total. The minimum absolute atomic E-state index is 0.0354. The topological polar surface area (TPSA) is 32.3 Å². The predicted molar refractivity (Wildman–Crippen MR) is 94.4 cm³/mol. The quantitative estimate of drug-likeness (QED) is 0.629. The van der Waals surface area contributed by atoms with Crippen LogP contribution in [0.1, 0.15) is 61.4 Å². The summed E-state index contributed by atoms with van der Waals surface area (Å²) in [4.78, 5) is 14.1. The van der Waals surface area contributed by atoms with Crippen LogP contribution >= 0.6 is 0 Å². The fourth-order valence-electron chi connectivity index (χ4n) is 2.45. The van der Waals surface area contributed by atoms with Crippen molar-refractivity contribution in [2.24, 2.45) is 0 Å². The summed E-state index contributed by atoms with van der Waals surface area (Å²) >= 11 is 0. The van der Waals surface area contributed by atoms with Crippen molar-refractivity contribution >= 4 is 5.91 Å². The van der Waals surface area contributed by atoms with Gasteiger partial charge in [-0.15, -0.1) is 0 Å². The van der Waals surface area contributed by atoms with Gasteiger partial charge in [-0.3, -0.25) is 4.79 Å². The van der Waals surface area contributed by atoms with Crippen LogP contribution < -0.4 is 5.32 Å². The van der Waals surface area contributed by atoms with E-state index in [0.29, 0.717) is 0 Å². The molecule has 0 fully saturated rings. The summed E-state index contributed by atoms with van der Waals surface area (Å²) < 4.78 is 0. The highest BCUT2D eigenvalue weighted by atomic mass is 16.1. The van der Waals surface area contributed by atoms with Crippen LogP contribution in [0.2, 0.25) is 0 Å². The zero-order valence-electron chi connectivity index (χ0n) is 14.5. The number of benzene rings is 1. The Morgan fingerprint density at radius 2 is 1.68 bits per heavy atom. The zero-order chi connectivity index (χ0) is 16.2. The van der Waals surface area contributed by atoms with E-state index in [-0.39, 0.29) is 5.91 Å². The van der Waals surface area contributed by atoms with E-state index in [1.807, 2.05) is 26.2 Å². The third-order valence-corrected chi connectivity index (χ3v) is 3.85. The zero-order valence-corrected chi connectivity index (χ0v) is 14.5. The third-order valence-electron chi connectivity index (χ3n) is 3.85. The molecule has 0 aliphatic rings. The molecule has 0 radical (unpaired) electrons. The standard InChI is InChI=1S/C19H32N2O/c1-4-5-6-7-8-10-17-11-13-18(14-12-17)19(22)20-15-9-16-21(2)3/h11-14H,4-10,15-16H2,1-3H3,(H,20,22). The van der Waals surface area contributed by atoms with Crippen molar-refractivity contribution in [2.75, 3.05) is 27.2 Å². The Kier molecular flexibility index (Phi) is 9.56. The third kappa shape index (κ3) is 8.18. The highest BCUT2D eigenvalue weighted by Crippen LogP contribution is 2.10. The van der Waals surface area contributed by atoms with Gasteiger partial charge < -0.3 is 10.2 Å². The number of aryl methyl sites for hydroxylation is 1. The Labute approximate surface area is 136 Å². The lowest BCUT2D eigenvalue weighted by atomic mass is 10.0. The second-order valence-corrected chi connectivity index (χ2v) is 6.27. The largest absolute Gasteiger partial charge is 0.352 e. The Morgan fingerprint density at radius 1 is 1.00 bits per heavy atom. The summed E-state index contributed by atoms with van der Waals surface area (Å²) in [6, 6.07) is 8.08. The van der Waals surface area contributed by atoms with Crippen LogP contribution in [0.5, 0.6) is 0 Å². The second-order valence-electron chi connectivity index (χ2n) is 6.27. The molecular formula is C19H32N2O. The fourth-order valence-corrected chi connectivity index (χ4v) is 2.45. The van der Waals surface area contributed by atoms with Crippen LogP contribution in [-0.4, -0.2) is 38.0 Å². The number of hydrogen-bond acceptors (Lipinski definition) is 2. The van der Waals surface area contributed by atoms with Crippen LogP contribution in [0.15, 0.2) is 24.3 Å². The number of unbranched alkanes of at least 4 members (excludes halogenated alkanes) is 4. The number of rotatable bonds is 11. The van der Waals surface area contributed by atoms with E-state index in [9.17, 15) is 4.79 Å². The number of hydrogen-bond donors (Lipinski definition) is 1. The van der Waals surface area contributed by atoms with Gasteiger partial charge in [0.2, 0.25) is 0 Å². The lowest BCUT2D eigenvalue weighted by Gasteiger charge is -2.10. The van der Waals surface area contributed by atoms with E-state index in [4.69, 9.17) is 0 Å². The summed E-state index contributed by atoms with van der Waals surface area (Å²) in [6.45, 7) is 3.97. The molecule has 22 heavy (non-hydrogen) atoms. The molecule has 1 aromatic rings. The predicted octanol–water partition coefficient (Wildman–Crippen LogP) is 3.88. The van der Waals surface area contributed by atoms with E-state index in [1.54, 1.807) is 0 Å². The van der Waals surface area contributed by atoms with E-state index in [1.165, 1.54) is 37.7 Å².